The third-order valence-electron chi connectivity index (χ3n) is 2.41. The number of carbonyl (C=O) groups is 1. The van der Waals surface area contributed by atoms with Crippen molar-refractivity contribution in [3.05, 3.63) is 33.0 Å². The molecule has 0 aromatic heterocycles. The van der Waals surface area contributed by atoms with E-state index in [1.807, 2.05) is 0 Å². The molecule has 0 atom stereocenters. The third kappa shape index (κ3) is 2.78. The maximum absolute atomic E-state index is 13.6. The van der Waals surface area contributed by atoms with Crippen molar-refractivity contribution in [2.24, 2.45) is 0 Å². The highest BCUT2D eigenvalue weighted by Crippen LogP contribution is 2.25. The summed E-state index contributed by atoms with van der Waals surface area (Å²) in [6.45, 7) is 3.36. The van der Waals surface area contributed by atoms with Crippen molar-refractivity contribution < 1.29 is 14.3 Å². The van der Waals surface area contributed by atoms with Gasteiger partial charge in [-0.2, -0.15) is 0 Å². The van der Waals surface area contributed by atoms with Crippen molar-refractivity contribution in [3.8, 4) is 0 Å². The van der Waals surface area contributed by atoms with Crippen LogP contribution in [0.25, 0.3) is 0 Å². The van der Waals surface area contributed by atoms with Crippen LogP contribution < -0.4 is 0 Å². The summed E-state index contributed by atoms with van der Waals surface area (Å²) in [6.07, 6.45) is 0.382. The van der Waals surface area contributed by atoms with Crippen molar-refractivity contribution >= 4 is 21.9 Å². The number of carboxylic acid groups (broad SMARTS) is 1. The molecule has 1 N–H and O–H groups in total. The van der Waals surface area contributed by atoms with Gasteiger partial charge in [-0.05, 0) is 43.0 Å². The molecule has 0 saturated heterocycles. The summed E-state index contributed by atoms with van der Waals surface area (Å²) >= 11 is 3.25. The van der Waals surface area contributed by atoms with Crippen LogP contribution in [0.3, 0.4) is 0 Å². The van der Waals surface area contributed by atoms with Crippen molar-refractivity contribution in [2.45, 2.75) is 26.7 Å². The van der Waals surface area contributed by atoms with E-state index in [2.05, 4.69) is 15.9 Å². The first-order valence-electron chi connectivity index (χ1n) is 4.59. The Morgan fingerprint density at radius 1 is 1.47 bits per heavy atom. The van der Waals surface area contributed by atoms with Crippen molar-refractivity contribution in [1.29, 1.82) is 0 Å². The molecule has 0 heterocycles. The van der Waals surface area contributed by atoms with Crippen LogP contribution in [0.1, 0.15) is 23.1 Å². The summed E-state index contributed by atoms with van der Waals surface area (Å²) in [5.41, 5.74) is 1.84. The van der Waals surface area contributed by atoms with Gasteiger partial charge in [0.2, 0.25) is 0 Å². The maximum atomic E-state index is 13.6. The lowest BCUT2D eigenvalue weighted by molar-refractivity contribution is -0.136. The lowest BCUT2D eigenvalue weighted by Crippen LogP contribution is -2.02. The molecule has 0 unspecified atom stereocenters. The minimum absolute atomic E-state index is 0.0236. The van der Waals surface area contributed by atoms with Crippen molar-refractivity contribution in [3.63, 3.8) is 0 Å². The lowest BCUT2D eigenvalue weighted by Gasteiger charge is -2.09. The van der Waals surface area contributed by atoms with Gasteiger partial charge in [-0.25, -0.2) is 4.39 Å². The zero-order valence-electron chi connectivity index (χ0n) is 8.60. The second-order valence-electron chi connectivity index (χ2n) is 3.48. The average molecular weight is 275 g/mol. The van der Waals surface area contributed by atoms with E-state index in [9.17, 15) is 9.18 Å². The van der Waals surface area contributed by atoms with E-state index in [4.69, 9.17) is 5.11 Å². The Labute approximate surface area is 96.2 Å². The Kier molecular flexibility index (Phi) is 3.85. The van der Waals surface area contributed by atoms with Gasteiger partial charge in [0.25, 0.3) is 0 Å². The maximum Gasteiger partial charge on any atom is 0.303 e. The number of carboxylic acids is 1. The zero-order chi connectivity index (χ0) is 11.6. The van der Waals surface area contributed by atoms with Gasteiger partial charge in [0.1, 0.15) is 5.82 Å². The molecule has 0 aliphatic rings. The van der Waals surface area contributed by atoms with Crippen molar-refractivity contribution in [1.82, 2.24) is 0 Å². The van der Waals surface area contributed by atoms with Crippen LogP contribution in [0.2, 0.25) is 0 Å². The number of rotatable bonds is 3. The van der Waals surface area contributed by atoms with Crippen LogP contribution in [0, 0.1) is 19.7 Å². The SMILES string of the molecule is Cc1c(Br)cc(CCC(=O)O)c(C)c1F. The first kappa shape index (κ1) is 12.2. The normalized spacial score (nSPS) is 10.4. The number of aliphatic carboxylic acids is 1. The highest BCUT2D eigenvalue weighted by Gasteiger charge is 2.11. The van der Waals surface area contributed by atoms with Crippen LogP contribution >= 0.6 is 15.9 Å². The van der Waals surface area contributed by atoms with Gasteiger partial charge < -0.3 is 5.11 Å². The molecule has 0 aliphatic carbocycles. The molecule has 82 valence electrons. The average Bonchev–Trinajstić information content (AvgIpc) is 2.18. The standard InChI is InChI=1S/C11H12BrFO2/c1-6-8(3-4-10(14)15)5-9(12)7(2)11(6)13/h5H,3-4H2,1-2H3,(H,14,15). The van der Waals surface area contributed by atoms with Gasteiger partial charge in [-0.1, -0.05) is 15.9 Å². The molecule has 0 radical (unpaired) electrons. The second kappa shape index (κ2) is 4.75. The van der Waals surface area contributed by atoms with Crippen LogP contribution in [-0.2, 0) is 11.2 Å². The Morgan fingerprint density at radius 2 is 2.07 bits per heavy atom. The largest absolute Gasteiger partial charge is 0.481 e. The molecule has 0 saturated carbocycles. The Bertz CT molecular complexity index is 402. The van der Waals surface area contributed by atoms with Crippen molar-refractivity contribution in [2.75, 3.05) is 0 Å². The van der Waals surface area contributed by atoms with E-state index >= 15 is 0 Å². The van der Waals surface area contributed by atoms with Gasteiger partial charge in [-0.3, -0.25) is 4.79 Å². The van der Waals surface area contributed by atoms with Gasteiger partial charge in [-0.15, -0.1) is 0 Å². The fourth-order valence-electron chi connectivity index (χ4n) is 1.40. The molecule has 0 amide bonds. The van der Waals surface area contributed by atoms with E-state index in [-0.39, 0.29) is 12.2 Å². The Hall–Kier alpha value is -0.900. The molecule has 0 bridgehead atoms. The molecule has 15 heavy (non-hydrogen) atoms. The molecule has 2 nitrogen and oxygen atoms in total. The minimum atomic E-state index is -0.869. The predicted molar refractivity (Wildman–Crippen MR) is 59.5 cm³/mol. The molecule has 1 aromatic carbocycles. The summed E-state index contributed by atoms with van der Waals surface area (Å²) in [6, 6.07) is 1.79. The quantitative estimate of drug-likeness (QED) is 0.919. The summed E-state index contributed by atoms with van der Waals surface area (Å²) in [7, 11) is 0. The van der Waals surface area contributed by atoms with Gasteiger partial charge in [0.05, 0.1) is 0 Å². The monoisotopic (exact) mass is 274 g/mol. The number of hydrogen-bond acceptors (Lipinski definition) is 1. The van der Waals surface area contributed by atoms with Gasteiger partial charge >= 0.3 is 5.97 Å². The number of aryl methyl sites for hydroxylation is 1. The third-order valence-corrected chi connectivity index (χ3v) is 3.23. The Morgan fingerprint density at radius 3 is 2.60 bits per heavy atom. The highest BCUT2D eigenvalue weighted by molar-refractivity contribution is 9.10. The van der Waals surface area contributed by atoms with Crippen LogP contribution in [0.5, 0.6) is 0 Å². The summed E-state index contributed by atoms with van der Waals surface area (Å²) in [5, 5.41) is 8.55. The molecule has 1 rings (SSSR count). The van der Waals surface area contributed by atoms with E-state index in [0.29, 0.717) is 22.0 Å². The molecular weight excluding hydrogens is 263 g/mol. The highest BCUT2D eigenvalue weighted by atomic mass is 79.9. The molecular formula is C11H12BrFO2. The van der Waals surface area contributed by atoms with E-state index in [1.165, 1.54) is 0 Å². The minimum Gasteiger partial charge on any atom is -0.481 e. The fourth-order valence-corrected chi connectivity index (χ4v) is 1.85. The van der Waals surface area contributed by atoms with Gasteiger partial charge in [0.15, 0.2) is 0 Å². The molecule has 0 aliphatic heterocycles. The second-order valence-corrected chi connectivity index (χ2v) is 4.33. The van der Waals surface area contributed by atoms with E-state index < -0.39 is 5.97 Å². The number of halogens is 2. The molecule has 0 fully saturated rings. The molecule has 0 spiro atoms. The summed E-state index contributed by atoms with van der Waals surface area (Å²) in [5.74, 6) is -1.13. The first-order valence-corrected chi connectivity index (χ1v) is 5.38. The smallest absolute Gasteiger partial charge is 0.303 e. The van der Waals surface area contributed by atoms with Crippen LogP contribution in [0.4, 0.5) is 4.39 Å². The number of hydrogen-bond donors (Lipinski definition) is 1. The Balaban J connectivity index is 3.04. The van der Waals surface area contributed by atoms with Crippen LogP contribution in [0.15, 0.2) is 10.5 Å². The lowest BCUT2D eigenvalue weighted by atomic mass is 10.0. The van der Waals surface area contributed by atoms with E-state index in [0.717, 1.165) is 5.56 Å². The van der Waals surface area contributed by atoms with E-state index in [1.54, 1.807) is 19.9 Å². The summed E-state index contributed by atoms with van der Waals surface area (Å²) in [4.78, 5) is 10.4. The topological polar surface area (TPSA) is 37.3 Å². The van der Waals surface area contributed by atoms with Gasteiger partial charge in [0, 0.05) is 10.9 Å². The number of benzene rings is 1. The molecule has 1 aromatic rings. The predicted octanol–water partition coefficient (Wildman–Crippen LogP) is 3.22. The fraction of sp³-hybridized carbons (Fsp3) is 0.364. The first-order chi connectivity index (χ1) is 6.93. The molecule has 4 heteroatoms. The zero-order valence-corrected chi connectivity index (χ0v) is 10.2. The van der Waals surface area contributed by atoms with Crippen LogP contribution in [-0.4, -0.2) is 11.1 Å². The summed E-state index contributed by atoms with van der Waals surface area (Å²) < 4.78 is 14.3.